The van der Waals surface area contributed by atoms with Gasteiger partial charge in [0.15, 0.2) is 0 Å². The lowest BCUT2D eigenvalue weighted by Gasteiger charge is -2.30. The van der Waals surface area contributed by atoms with Crippen molar-refractivity contribution in [2.24, 2.45) is 0 Å². The van der Waals surface area contributed by atoms with Crippen LogP contribution in [0.4, 0.5) is 4.79 Å². The largest absolute Gasteiger partial charge is 0.337 e. The zero-order chi connectivity index (χ0) is 21.1. The average Bonchev–Trinajstić information content (AvgIpc) is 3.50. The fraction of sp³-hybridized carbons (Fsp3) is 0.417. The van der Waals surface area contributed by atoms with Crippen molar-refractivity contribution < 1.29 is 9.59 Å². The van der Waals surface area contributed by atoms with Crippen molar-refractivity contribution in [1.82, 2.24) is 20.0 Å². The maximum absolute atomic E-state index is 13.0. The van der Waals surface area contributed by atoms with Gasteiger partial charge < -0.3 is 20.0 Å². The van der Waals surface area contributed by atoms with E-state index in [0.717, 1.165) is 37.1 Å². The number of carbonyl (C=O) groups excluding carboxylic acids is 2. The van der Waals surface area contributed by atoms with Crippen molar-refractivity contribution >= 4 is 11.9 Å². The molecule has 2 aliphatic rings. The average molecular weight is 407 g/mol. The predicted octanol–water partition coefficient (Wildman–Crippen LogP) is 2.91. The van der Waals surface area contributed by atoms with Crippen molar-refractivity contribution in [3.05, 3.63) is 60.2 Å². The summed E-state index contributed by atoms with van der Waals surface area (Å²) in [5, 5.41) is 3.31. The Balaban J connectivity index is 1.37. The number of hydrogen-bond acceptors (Lipinski definition) is 3. The van der Waals surface area contributed by atoms with Crippen molar-refractivity contribution in [2.75, 3.05) is 40.3 Å². The number of likely N-dealkylation sites (tertiary alicyclic amines) is 1. The molecule has 0 aliphatic carbocycles. The van der Waals surface area contributed by atoms with E-state index in [4.69, 9.17) is 0 Å². The SMILES string of the molecule is CN(C(=O)c1ccc(-c2ccccc2)cc1)C1CCN(C(=O)N(C)C2CCNC2)C1. The first-order valence-corrected chi connectivity index (χ1v) is 10.7. The van der Waals surface area contributed by atoms with Gasteiger partial charge in [0.05, 0.1) is 6.04 Å². The molecule has 6 nitrogen and oxygen atoms in total. The summed E-state index contributed by atoms with van der Waals surface area (Å²) in [5.74, 6) is 0.00209. The molecule has 6 heteroatoms. The van der Waals surface area contributed by atoms with Crippen LogP contribution in [0.25, 0.3) is 11.1 Å². The minimum Gasteiger partial charge on any atom is -0.337 e. The molecule has 0 aromatic heterocycles. The van der Waals surface area contributed by atoms with Crippen LogP contribution >= 0.6 is 0 Å². The van der Waals surface area contributed by atoms with Crippen LogP contribution in [-0.2, 0) is 0 Å². The molecule has 0 bridgehead atoms. The maximum Gasteiger partial charge on any atom is 0.320 e. The Kier molecular flexibility index (Phi) is 6.04. The molecule has 2 aromatic carbocycles. The lowest BCUT2D eigenvalue weighted by atomic mass is 10.0. The number of hydrogen-bond donors (Lipinski definition) is 1. The third kappa shape index (κ3) is 4.19. The standard InChI is InChI=1S/C24H30N4O2/c1-26(22-13-15-28(17-22)24(30)27(2)21-12-14-25-16-21)23(29)20-10-8-19(9-11-20)18-6-4-3-5-7-18/h3-11,21-22,25H,12-17H2,1-2H3. The van der Waals surface area contributed by atoms with E-state index in [-0.39, 0.29) is 24.0 Å². The second-order valence-electron chi connectivity index (χ2n) is 8.29. The maximum atomic E-state index is 13.0. The number of likely N-dealkylation sites (N-methyl/N-ethyl adjacent to an activating group) is 2. The van der Waals surface area contributed by atoms with Crippen molar-refractivity contribution in [3.63, 3.8) is 0 Å². The molecular formula is C24H30N4O2. The van der Waals surface area contributed by atoms with E-state index >= 15 is 0 Å². The lowest BCUT2D eigenvalue weighted by Crippen LogP contribution is -2.47. The molecule has 0 spiro atoms. The number of benzene rings is 2. The zero-order valence-corrected chi connectivity index (χ0v) is 17.8. The highest BCUT2D eigenvalue weighted by Crippen LogP contribution is 2.22. The summed E-state index contributed by atoms with van der Waals surface area (Å²) in [6, 6.07) is 18.3. The highest BCUT2D eigenvalue weighted by Gasteiger charge is 2.34. The molecule has 2 aliphatic heterocycles. The lowest BCUT2D eigenvalue weighted by molar-refractivity contribution is 0.0734. The molecular weight excluding hydrogens is 376 g/mol. The fourth-order valence-corrected chi connectivity index (χ4v) is 4.39. The third-order valence-electron chi connectivity index (χ3n) is 6.42. The molecule has 2 atom stereocenters. The van der Waals surface area contributed by atoms with Gasteiger partial charge in [0, 0.05) is 45.3 Å². The summed E-state index contributed by atoms with van der Waals surface area (Å²) in [5.41, 5.74) is 2.91. The summed E-state index contributed by atoms with van der Waals surface area (Å²) in [6.45, 7) is 3.11. The van der Waals surface area contributed by atoms with Gasteiger partial charge in [-0.2, -0.15) is 0 Å². The molecule has 2 unspecified atom stereocenters. The van der Waals surface area contributed by atoms with E-state index in [9.17, 15) is 9.59 Å². The molecule has 2 fully saturated rings. The van der Waals surface area contributed by atoms with E-state index < -0.39 is 0 Å². The summed E-state index contributed by atoms with van der Waals surface area (Å²) in [6.07, 6.45) is 1.81. The number of rotatable bonds is 4. The van der Waals surface area contributed by atoms with E-state index in [1.165, 1.54) is 0 Å². The smallest absolute Gasteiger partial charge is 0.320 e. The summed E-state index contributed by atoms with van der Waals surface area (Å²) >= 11 is 0. The highest BCUT2D eigenvalue weighted by molar-refractivity contribution is 5.94. The molecule has 4 rings (SSSR count). The van der Waals surface area contributed by atoms with Gasteiger partial charge in [-0.3, -0.25) is 4.79 Å². The summed E-state index contributed by atoms with van der Waals surface area (Å²) in [4.78, 5) is 31.4. The molecule has 2 aromatic rings. The molecule has 0 radical (unpaired) electrons. The van der Waals surface area contributed by atoms with E-state index in [2.05, 4.69) is 17.4 Å². The first-order valence-electron chi connectivity index (χ1n) is 10.7. The van der Waals surface area contributed by atoms with Crippen LogP contribution in [0.2, 0.25) is 0 Å². The molecule has 30 heavy (non-hydrogen) atoms. The Labute approximate surface area is 178 Å². The summed E-state index contributed by atoms with van der Waals surface area (Å²) in [7, 11) is 3.73. The van der Waals surface area contributed by atoms with E-state index in [0.29, 0.717) is 18.7 Å². The molecule has 2 heterocycles. The Morgan fingerprint density at radius 1 is 0.900 bits per heavy atom. The first-order chi connectivity index (χ1) is 14.5. The highest BCUT2D eigenvalue weighted by atomic mass is 16.2. The Morgan fingerprint density at radius 3 is 2.27 bits per heavy atom. The van der Waals surface area contributed by atoms with Crippen LogP contribution in [0.5, 0.6) is 0 Å². The van der Waals surface area contributed by atoms with Crippen LogP contribution in [0.15, 0.2) is 54.6 Å². The van der Waals surface area contributed by atoms with E-state index in [1.54, 1.807) is 4.90 Å². The van der Waals surface area contributed by atoms with Gasteiger partial charge in [-0.05, 0) is 42.6 Å². The second kappa shape index (κ2) is 8.88. The quantitative estimate of drug-likeness (QED) is 0.850. The molecule has 158 valence electrons. The first kappa shape index (κ1) is 20.4. The minimum absolute atomic E-state index is 0.00209. The van der Waals surface area contributed by atoms with Gasteiger partial charge in [-0.15, -0.1) is 0 Å². The van der Waals surface area contributed by atoms with Gasteiger partial charge in [0.2, 0.25) is 0 Å². The molecule has 1 N–H and O–H groups in total. The van der Waals surface area contributed by atoms with Crippen LogP contribution in [0, 0.1) is 0 Å². The number of carbonyl (C=O) groups is 2. The van der Waals surface area contributed by atoms with Gasteiger partial charge >= 0.3 is 6.03 Å². The van der Waals surface area contributed by atoms with Crippen LogP contribution < -0.4 is 5.32 Å². The van der Waals surface area contributed by atoms with Gasteiger partial charge in [0.25, 0.3) is 5.91 Å². The fourth-order valence-electron chi connectivity index (χ4n) is 4.39. The predicted molar refractivity (Wildman–Crippen MR) is 118 cm³/mol. The number of amides is 3. The van der Waals surface area contributed by atoms with Crippen molar-refractivity contribution in [3.8, 4) is 11.1 Å². The molecule has 3 amide bonds. The van der Waals surface area contributed by atoms with E-state index in [1.807, 2.05) is 66.4 Å². The van der Waals surface area contributed by atoms with Gasteiger partial charge in [-0.25, -0.2) is 4.79 Å². The molecule has 2 saturated heterocycles. The second-order valence-corrected chi connectivity index (χ2v) is 8.29. The Bertz CT molecular complexity index is 878. The number of nitrogens with zero attached hydrogens (tertiary/aromatic N) is 3. The number of nitrogens with one attached hydrogen (secondary N) is 1. The van der Waals surface area contributed by atoms with Crippen molar-refractivity contribution in [1.29, 1.82) is 0 Å². The van der Waals surface area contributed by atoms with Gasteiger partial charge in [-0.1, -0.05) is 42.5 Å². The van der Waals surface area contributed by atoms with Crippen LogP contribution in [0.3, 0.4) is 0 Å². The number of urea groups is 1. The minimum atomic E-state index is 0.00209. The zero-order valence-electron chi connectivity index (χ0n) is 17.8. The van der Waals surface area contributed by atoms with Gasteiger partial charge in [0.1, 0.15) is 0 Å². The Hall–Kier alpha value is -2.86. The normalized spacial score (nSPS) is 20.9. The summed E-state index contributed by atoms with van der Waals surface area (Å²) < 4.78 is 0. The van der Waals surface area contributed by atoms with Crippen molar-refractivity contribution in [2.45, 2.75) is 24.9 Å². The van der Waals surface area contributed by atoms with Crippen LogP contribution in [0.1, 0.15) is 23.2 Å². The van der Waals surface area contributed by atoms with Crippen LogP contribution in [-0.4, -0.2) is 79.0 Å². The molecule has 0 saturated carbocycles. The third-order valence-corrected chi connectivity index (χ3v) is 6.42. The topological polar surface area (TPSA) is 55.9 Å². The monoisotopic (exact) mass is 406 g/mol. The Morgan fingerprint density at radius 2 is 1.60 bits per heavy atom.